The molecule has 2 aliphatic heterocycles. The second kappa shape index (κ2) is 4.88. The molecule has 1 aromatic carbocycles. The number of amides is 1. The minimum Gasteiger partial charge on any atom is -0.338 e. The predicted molar refractivity (Wildman–Crippen MR) is 77.3 cm³/mol. The molecule has 1 amide bonds. The number of carbonyl (C=O) groups excluding carboxylic acids is 1. The van der Waals surface area contributed by atoms with E-state index in [1.54, 1.807) is 17.0 Å². The summed E-state index contributed by atoms with van der Waals surface area (Å²) in [6.45, 7) is 4.75. The van der Waals surface area contributed by atoms with Crippen LogP contribution in [0.15, 0.2) is 12.1 Å². The van der Waals surface area contributed by atoms with Gasteiger partial charge in [0.05, 0.1) is 34.5 Å². The molecule has 1 fully saturated rings. The normalized spacial score (nSPS) is 20.9. The molecular weight excluding hydrogens is 301 g/mol. The average Bonchev–Trinajstić information content (AvgIpc) is 2.67. The summed E-state index contributed by atoms with van der Waals surface area (Å²) in [6.07, 6.45) is 0.754. The van der Waals surface area contributed by atoms with E-state index in [1.165, 1.54) is 0 Å². The molecule has 6 heteroatoms. The Morgan fingerprint density at radius 2 is 1.80 bits per heavy atom. The lowest BCUT2D eigenvalue weighted by Gasteiger charge is -2.33. The molecule has 4 nitrogen and oxygen atoms in total. The molecule has 108 valence electrons. The molecular formula is C14H15Cl2NO3. The van der Waals surface area contributed by atoms with E-state index < -0.39 is 5.79 Å². The van der Waals surface area contributed by atoms with Crippen LogP contribution in [0.3, 0.4) is 0 Å². The molecule has 2 aliphatic rings. The van der Waals surface area contributed by atoms with Crippen LogP contribution in [0.1, 0.15) is 25.8 Å². The number of nitrogens with zero attached hydrogens (tertiary/aromatic N) is 1. The van der Waals surface area contributed by atoms with E-state index >= 15 is 0 Å². The lowest BCUT2D eigenvalue weighted by Crippen LogP contribution is -2.49. The monoisotopic (exact) mass is 315 g/mol. The van der Waals surface area contributed by atoms with Crippen molar-refractivity contribution >= 4 is 34.8 Å². The molecule has 20 heavy (non-hydrogen) atoms. The maximum absolute atomic E-state index is 12.8. The van der Waals surface area contributed by atoms with Crippen molar-refractivity contribution in [3.63, 3.8) is 0 Å². The van der Waals surface area contributed by atoms with Crippen molar-refractivity contribution in [1.82, 2.24) is 0 Å². The highest BCUT2D eigenvalue weighted by Gasteiger charge is 2.57. The highest BCUT2D eigenvalue weighted by Crippen LogP contribution is 2.51. The van der Waals surface area contributed by atoms with E-state index in [0.29, 0.717) is 34.5 Å². The van der Waals surface area contributed by atoms with Crippen LogP contribution in [-0.2, 0) is 20.1 Å². The first-order valence-corrected chi connectivity index (χ1v) is 7.34. The number of carbonyl (C=O) groups is 1. The van der Waals surface area contributed by atoms with Gasteiger partial charge in [-0.15, -0.1) is 0 Å². The molecule has 0 N–H and O–H groups in total. The summed E-state index contributed by atoms with van der Waals surface area (Å²) in [4.78, 5) is 14.4. The number of hydrogen-bond acceptors (Lipinski definition) is 3. The molecule has 2 heterocycles. The number of ether oxygens (including phenoxy) is 2. The van der Waals surface area contributed by atoms with Gasteiger partial charge in [-0.25, -0.2) is 0 Å². The van der Waals surface area contributed by atoms with Crippen LogP contribution in [0.4, 0.5) is 5.69 Å². The Hall–Kier alpha value is -0.810. The molecule has 0 aromatic heterocycles. The van der Waals surface area contributed by atoms with E-state index in [1.807, 2.05) is 13.8 Å². The Kier molecular flexibility index (Phi) is 3.45. The smallest absolute Gasteiger partial charge is 0.292 e. The second-order valence-electron chi connectivity index (χ2n) is 5.19. The minimum absolute atomic E-state index is 0.0641. The molecule has 1 spiro atoms. The van der Waals surface area contributed by atoms with Gasteiger partial charge in [-0.1, -0.05) is 23.2 Å². The fourth-order valence-corrected chi connectivity index (χ4v) is 3.28. The van der Waals surface area contributed by atoms with Crippen molar-refractivity contribution in [1.29, 1.82) is 0 Å². The quantitative estimate of drug-likeness (QED) is 0.798. The number of halogens is 2. The molecule has 3 rings (SSSR count). The SMILES string of the molecule is CC(C)N1C(=O)C2(OCCCO2)c2c(Cl)ccc(Cl)c21. The van der Waals surface area contributed by atoms with Gasteiger partial charge in [0.2, 0.25) is 0 Å². The zero-order chi connectivity index (χ0) is 14.5. The van der Waals surface area contributed by atoms with Crippen LogP contribution in [-0.4, -0.2) is 25.2 Å². The third-order valence-electron chi connectivity index (χ3n) is 3.56. The van der Waals surface area contributed by atoms with Crippen LogP contribution in [0.2, 0.25) is 10.0 Å². The van der Waals surface area contributed by atoms with Gasteiger partial charge in [-0.2, -0.15) is 0 Å². The largest absolute Gasteiger partial charge is 0.338 e. The second-order valence-corrected chi connectivity index (χ2v) is 6.00. The standard InChI is InChI=1S/C14H15Cl2NO3/c1-8(2)17-12-10(16)5-4-9(15)11(12)14(13(17)18)19-6-3-7-20-14/h4-5,8H,3,6-7H2,1-2H3. The Morgan fingerprint density at radius 1 is 1.20 bits per heavy atom. The Morgan fingerprint density at radius 3 is 2.40 bits per heavy atom. The molecule has 1 aromatic rings. The van der Waals surface area contributed by atoms with Crippen molar-refractivity contribution in [2.24, 2.45) is 0 Å². The summed E-state index contributed by atoms with van der Waals surface area (Å²) in [6, 6.07) is 3.29. The zero-order valence-corrected chi connectivity index (χ0v) is 12.8. The maximum Gasteiger partial charge on any atom is 0.292 e. The average molecular weight is 316 g/mol. The first kappa shape index (κ1) is 14.1. The molecule has 0 radical (unpaired) electrons. The maximum atomic E-state index is 12.8. The highest BCUT2D eigenvalue weighted by atomic mass is 35.5. The first-order chi connectivity index (χ1) is 9.49. The third kappa shape index (κ3) is 1.79. The van der Waals surface area contributed by atoms with Gasteiger partial charge in [0.15, 0.2) is 0 Å². The highest BCUT2D eigenvalue weighted by molar-refractivity contribution is 6.38. The lowest BCUT2D eigenvalue weighted by atomic mass is 10.1. The summed E-state index contributed by atoms with van der Waals surface area (Å²) in [5.41, 5.74) is 1.13. The third-order valence-corrected chi connectivity index (χ3v) is 4.18. The summed E-state index contributed by atoms with van der Waals surface area (Å²) < 4.78 is 11.4. The van der Waals surface area contributed by atoms with Gasteiger partial charge in [-0.05, 0) is 32.4 Å². The van der Waals surface area contributed by atoms with Crippen LogP contribution in [0, 0.1) is 0 Å². The van der Waals surface area contributed by atoms with Crippen LogP contribution >= 0.6 is 23.2 Å². The topological polar surface area (TPSA) is 38.8 Å². The number of rotatable bonds is 1. The molecule has 0 aliphatic carbocycles. The Bertz CT molecular complexity index is 568. The Balaban J connectivity index is 2.27. The molecule has 0 unspecified atom stereocenters. The van der Waals surface area contributed by atoms with Crippen molar-refractivity contribution in [3.05, 3.63) is 27.7 Å². The fraction of sp³-hybridized carbons (Fsp3) is 0.500. The van der Waals surface area contributed by atoms with E-state index in [-0.39, 0.29) is 11.9 Å². The molecule has 0 atom stereocenters. The van der Waals surface area contributed by atoms with Crippen molar-refractivity contribution in [3.8, 4) is 0 Å². The molecule has 0 saturated carbocycles. The van der Waals surface area contributed by atoms with E-state index in [2.05, 4.69) is 0 Å². The Labute approximate surface area is 127 Å². The number of benzene rings is 1. The van der Waals surface area contributed by atoms with Gasteiger partial charge in [-0.3, -0.25) is 4.79 Å². The first-order valence-electron chi connectivity index (χ1n) is 6.59. The number of hydrogen-bond donors (Lipinski definition) is 0. The van der Waals surface area contributed by atoms with Gasteiger partial charge < -0.3 is 14.4 Å². The van der Waals surface area contributed by atoms with Crippen LogP contribution in [0.25, 0.3) is 0 Å². The van der Waals surface area contributed by atoms with Gasteiger partial charge in [0.1, 0.15) is 0 Å². The van der Waals surface area contributed by atoms with E-state index in [4.69, 9.17) is 32.7 Å². The zero-order valence-electron chi connectivity index (χ0n) is 11.3. The van der Waals surface area contributed by atoms with E-state index in [9.17, 15) is 4.79 Å². The van der Waals surface area contributed by atoms with Gasteiger partial charge in [0.25, 0.3) is 11.7 Å². The predicted octanol–water partition coefficient (Wildman–Crippen LogP) is 3.34. The molecule has 1 saturated heterocycles. The fourth-order valence-electron chi connectivity index (χ4n) is 2.75. The van der Waals surface area contributed by atoms with Crippen LogP contribution < -0.4 is 4.90 Å². The van der Waals surface area contributed by atoms with Crippen molar-refractivity contribution in [2.75, 3.05) is 18.1 Å². The summed E-state index contributed by atoms with van der Waals surface area (Å²) in [5.74, 6) is -1.68. The summed E-state index contributed by atoms with van der Waals surface area (Å²) >= 11 is 12.6. The van der Waals surface area contributed by atoms with Crippen molar-refractivity contribution in [2.45, 2.75) is 32.1 Å². The minimum atomic E-state index is -1.43. The number of fused-ring (bicyclic) bond motifs is 2. The number of anilines is 1. The summed E-state index contributed by atoms with van der Waals surface area (Å²) in [7, 11) is 0. The van der Waals surface area contributed by atoms with Gasteiger partial charge >= 0.3 is 0 Å². The van der Waals surface area contributed by atoms with E-state index in [0.717, 1.165) is 6.42 Å². The van der Waals surface area contributed by atoms with Gasteiger partial charge in [0, 0.05) is 6.04 Å². The molecule has 0 bridgehead atoms. The van der Waals surface area contributed by atoms with Crippen molar-refractivity contribution < 1.29 is 14.3 Å². The van der Waals surface area contributed by atoms with Crippen LogP contribution in [0.5, 0.6) is 0 Å². The summed E-state index contributed by atoms with van der Waals surface area (Å²) in [5, 5.41) is 0.906. The lowest BCUT2D eigenvalue weighted by molar-refractivity contribution is -0.256.